The van der Waals surface area contributed by atoms with Gasteiger partial charge in [-0.1, -0.05) is 44.2 Å². The summed E-state index contributed by atoms with van der Waals surface area (Å²) in [6.45, 7) is 4.41. The zero-order valence-electron chi connectivity index (χ0n) is 6.86. The van der Waals surface area contributed by atoms with E-state index in [0.717, 1.165) is 0 Å². The third kappa shape index (κ3) is 5.75. The average molecular weight is 178 g/mol. The van der Waals surface area contributed by atoms with E-state index in [1.54, 1.807) is 0 Å². The van der Waals surface area contributed by atoms with Crippen LogP contribution < -0.4 is 0 Å². The van der Waals surface area contributed by atoms with Gasteiger partial charge >= 0.3 is 29.6 Å². The van der Waals surface area contributed by atoms with Gasteiger partial charge in [0, 0.05) is 0 Å². The van der Waals surface area contributed by atoms with E-state index >= 15 is 0 Å². The molecule has 0 aliphatic rings. The first-order valence-electron chi connectivity index (χ1n) is 3.55. The first kappa shape index (κ1) is 14.7. The van der Waals surface area contributed by atoms with Gasteiger partial charge in [0.2, 0.25) is 0 Å². The molecule has 0 unspecified atom stereocenters. The van der Waals surface area contributed by atoms with Crippen LogP contribution in [0.4, 0.5) is 0 Å². The summed E-state index contributed by atoms with van der Waals surface area (Å²) in [7, 11) is 0. The normalized spacial score (nSPS) is 8.08. The summed E-state index contributed by atoms with van der Waals surface area (Å²) in [5.74, 6) is 0.659. The molecule has 1 aromatic carbocycles. The SMILES string of the molecule is CC(C)c1ccccc1.OO.[NaH]. The van der Waals surface area contributed by atoms with Gasteiger partial charge in [0.1, 0.15) is 0 Å². The molecule has 3 heteroatoms. The van der Waals surface area contributed by atoms with Crippen molar-refractivity contribution < 1.29 is 10.5 Å². The van der Waals surface area contributed by atoms with Gasteiger partial charge < -0.3 is 0 Å². The Morgan fingerprint density at radius 3 is 1.67 bits per heavy atom. The Hall–Kier alpha value is 0.140. The Labute approximate surface area is 95.5 Å². The molecule has 0 aromatic heterocycles. The molecule has 64 valence electrons. The maximum absolute atomic E-state index is 6.00. The molecular weight excluding hydrogens is 163 g/mol. The van der Waals surface area contributed by atoms with Gasteiger partial charge in [-0.25, -0.2) is 0 Å². The average Bonchev–Trinajstić information content (AvgIpc) is 2.10. The molecule has 0 saturated heterocycles. The molecule has 0 radical (unpaired) electrons. The molecule has 0 aliphatic carbocycles. The van der Waals surface area contributed by atoms with Crippen LogP contribution in [0.15, 0.2) is 30.3 Å². The molecule has 2 N–H and O–H groups in total. The third-order valence-electron chi connectivity index (χ3n) is 1.47. The van der Waals surface area contributed by atoms with E-state index in [0.29, 0.717) is 5.92 Å². The molecule has 0 fully saturated rings. The molecule has 12 heavy (non-hydrogen) atoms. The fourth-order valence-corrected chi connectivity index (χ4v) is 0.838. The number of rotatable bonds is 1. The molecule has 0 heterocycles. The Kier molecular flexibility index (Phi) is 11.3. The van der Waals surface area contributed by atoms with E-state index < -0.39 is 0 Å². The molecule has 0 saturated carbocycles. The topological polar surface area (TPSA) is 40.5 Å². The van der Waals surface area contributed by atoms with Gasteiger partial charge in [0.05, 0.1) is 0 Å². The summed E-state index contributed by atoms with van der Waals surface area (Å²) in [5.41, 5.74) is 1.41. The van der Waals surface area contributed by atoms with Gasteiger partial charge in [-0.05, 0) is 11.5 Å². The molecule has 0 atom stereocenters. The minimum absolute atomic E-state index is 0. The van der Waals surface area contributed by atoms with Gasteiger partial charge in [0.25, 0.3) is 0 Å². The van der Waals surface area contributed by atoms with Gasteiger partial charge in [-0.2, -0.15) is 0 Å². The maximum atomic E-state index is 6.00. The number of benzene rings is 1. The summed E-state index contributed by atoms with van der Waals surface area (Å²) in [5, 5.41) is 12.0. The van der Waals surface area contributed by atoms with E-state index in [1.807, 2.05) is 6.07 Å². The fraction of sp³-hybridized carbons (Fsp3) is 0.333. The summed E-state index contributed by atoms with van der Waals surface area (Å²) >= 11 is 0. The Morgan fingerprint density at radius 2 is 1.42 bits per heavy atom. The van der Waals surface area contributed by atoms with E-state index in [9.17, 15) is 0 Å². The van der Waals surface area contributed by atoms with E-state index in [4.69, 9.17) is 10.5 Å². The van der Waals surface area contributed by atoms with Crippen molar-refractivity contribution in [3.8, 4) is 0 Å². The number of hydrogen-bond acceptors (Lipinski definition) is 2. The van der Waals surface area contributed by atoms with Gasteiger partial charge in [-0.3, -0.25) is 10.5 Å². The van der Waals surface area contributed by atoms with Crippen molar-refractivity contribution in [2.24, 2.45) is 0 Å². The van der Waals surface area contributed by atoms with Gasteiger partial charge in [-0.15, -0.1) is 0 Å². The monoisotopic (exact) mass is 178 g/mol. The summed E-state index contributed by atoms with van der Waals surface area (Å²) < 4.78 is 0. The van der Waals surface area contributed by atoms with E-state index in [2.05, 4.69) is 38.1 Å². The van der Waals surface area contributed by atoms with Crippen molar-refractivity contribution in [2.45, 2.75) is 19.8 Å². The Morgan fingerprint density at radius 1 is 1.00 bits per heavy atom. The molecule has 2 nitrogen and oxygen atoms in total. The van der Waals surface area contributed by atoms with Crippen molar-refractivity contribution in [3.63, 3.8) is 0 Å². The summed E-state index contributed by atoms with van der Waals surface area (Å²) in [6.07, 6.45) is 0. The van der Waals surface area contributed by atoms with Crippen LogP contribution in [0.2, 0.25) is 0 Å². The first-order valence-corrected chi connectivity index (χ1v) is 3.55. The zero-order chi connectivity index (χ0) is 8.69. The van der Waals surface area contributed by atoms with Crippen LogP contribution in [0, 0.1) is 0 Å². The second-order valence-corrected chi connectivity index (χ2v) is 2.57. The minimum atomic E-state index is 0. The van der Waals surface area contributed by atoms with Crippen LogP contribution >= 0.6 is 0 Å². The second kappa shape index (κ2) is 9.23. The van der Waals surface area contributed by atoms with Crippen LogP contribution in [0.3, 0.4) is 0 Å². The number of hydrogen-bond donors (Lipinski definition) is 2. The predicted octanol–water partition coefficient (Wildman–Crippen LogP) is 2.18. The fourth-order valence-electron chi connectivity index (χ4n) is 0.838. The third-order valence-corrected chi connectivity index (χ3v) is 1.47. The molecule has 0 spiro atoms. The standard InChI is InChI=1S/C9H12.Na.H2O2.H/c1-8(2)9-6-4-3-5-7-9;;1-2;/h3-8H,1-2H3;;1-2H;. The summed E-state index contributed by atoms with van der Waals surface area (Å²) in [4.78, 5) is 0. The molecule has 1 aromatic rings. The quantitative estimate of drug-likeness (QED) is 0.393. The van der Waals surface area contributed by atoms with Crippen LogP contribution in [0.1, 0.15) is 25.3 Å². The zero-order valence-corrected chi connectivity index (χ0v) is 6.86. The van der Waals surface area contributed by atoms with Crippen LogP contribution in [-0.2, 0) is 0 Å². The molecule has 0 bridgehead atoms. The Bertz CT molecular complexity index is 175. The van der Waals surface area contributed by atoms with Crippen LogP contribution in [-0.4, -0.2) is 40.1 Å². The van der Waals surface area contributed by atoms with Crippen molar-refractivity contribution in [3.05, 3.63) is 35.9 Å². The summed E-state index contributed by atoms with van der Waals surface area (Å²) in [6, 6.07) is 10.5. The van der Waals surface area contributed by atoms with Crippen LogP contribution in [0.25, 0.3) is 0 Å². The first-order chi connectivity index (χ1) is 5.30. The predicted molar refractivity (Wildman–Crippen MR) is 52.9 cm³/mol. The van der Waals surface area contributed by atoms with E-state index in [-0.39, 0.29) is 29.6 Å². The van der Waals surface area contributed by atoms with Crippen LogP contribution in [0.5, 0.6) is 0 Å². The molecule has 1 rings (SSSR count). The molecular formula is C9H15NaO2. The second-order valence-electron chi connectivity index (χ2n) is 2.57. The Balaban J connectivity index is 0. The molecule has 0 amide bonds. The van der Waals surface area contributed by atoms with Crippen molar-refractivity contribution >= 4 is 29.6 Å². The van der Waals surface area contributed by atoms with E-state index in [1.165, 1.54) is 5.56 Å². The van der Waals surface area contributed by atoms with Crippen molar-refractivity contribution in [1.29, 1.82) is 0 Å². The van der Waals surface area contributed by atoms with Gasteiger partial charge in [0.15, 0.2) is 0 Å². The van der Waals surface area contributed by atoms with Crippen molar-refractivity contribution in [1.82, 2.24) is 0 Å². The van der Waals surface area contributed by atoms with Crippen molar-refractivity contribution in [2.75, 3.05) is 0 Å². The molecule has 0 aliphatic heterocycles.